The van der Waals surface area contributed by atoms with Crippen LogP contribution in [0.1, 0.15) is 43.1 Å². The van der Waals surface area contributed by atoms with Gasteiger partial charge in [-0.3, -0.25) is 9.78 Å². The molecular formula is C19H22ClN3O. The number of nitrogens with one attached hydrogen (secondary N) is 1. The highest BCUT2D eigenvalue weighted by molar-refractivity contribution is 6.30. The Labute approximate surface area is 147 Å². The Balaban J connectivity index is 1.78. The lowest BCUT2D eigenvalue weighted by atomic mass is 9.99. The van der Waals surface area contributed by atoms with Gasteiger partial charge in [-0.25, -0.2) is 0 Å². The first-order valence-electron chi connectivity index (χ1n) is 8.47. The van der Waals surface area contributed by atoms with Crippen LogP contribution in [0.3, 0.4) is 0 Å². The molecule has 1 aliphatic rings. The number of hydrogen-bond donors (Lipinski definition) is 1. The van der Waals surface area contributed by atoms with Gasteiger partial charge in [-0.1, -0.05) is 24.6 Å². The standard InChI is InChI=1S/C19H22ClN3O/c1-2-16-8-3-4-11-23(16)17-9-10-21-18(13-17)19(24)22-15-7-5-6-14(20)12-15/h5-7,9-10,12-13,16H,2-4,8,11H2,1H3,(H,22,24). The van der Waals surface area contributed by atoms with Crippen molar-refractivity contribution in [2.45, 2.75) is 38.6 Å². The van der Waals surface area contributed by atoms with Gasteiger partial charge < -0.3 is 10.2 Å². The van der Waals surface area contributed by atoms with Crippen LogP contribution in [-0.2, 0) is 0 Å². The molecule has 1 atom stereocenters. The normalized spacial score (nSPS) is 17.6. The largest absolute Gasteiger partial charge is 0.368 e. The summed E-state index contributed by atoms with van der Waals surface area (Å²) in [5, 5.41) is 3.44. The molecule has 1 aliphatic heterocycles. The number of piperidine rings is 1. The Morgan fingerprint density at radius 3 is 3.00 bits per heavy atom. The van der Waals surface area contributed by atoms with Crippen LogP contribution in [0.2, 0.25) is 5.02 Å². The lowest BCUT2D eigenvalue weighted by Gasteiger charge is -2.37. The number of hydrogen-bond acceptors (Lipinski definition) is 3. The van der Waals surface area contributed by atoms with Gasteiger partial charge in [0.1, 0.15) is 5.69 Å². The summed E-state index contributed by atoms with van der Waals surface area (Å²) in [7, 11) is 0. The fraction of sp³-hybridized carbons (Fsp3) is 0.368. The maximum Gasteiger partial charge on any atom is 0.274 e. The summed E-state index contributed by atoms with van der Waals surface area (Å²) in [6, 6.07) is 11.5. The van der Waals surface area contributed by atoms with Gasteiger partial charge in [0, 0.05) is 35.2 Å². The molecule has 1 saturated heterocycles. The van der Waals surface area contributed by atoms with Crippen molar-refractivity contribution in [2.24, 2.45) is 0 Å². The smallest absolute Gasteiger partial charge is 0.274 e. The SMILES string of the molecule is CCC1CCCCN1c1ccnc(C(=O)Nc2cccc(Cl)c2)c1. The van der Waals surface area contributed by atoms with E-state index in [1.165, 1.54) is 19.3 Å². The molecule has 5 heteroatoms. The Bertz CT molecular complexity index is 719. The molecule has 4 nitrogen and oxygen atoms in total. The van der Waals surface area contributed by atoms with Gasteiger partial charge in [-0.05, 0) is 56.0 Å². The van der Waals surface area contributed by atoms with Gasteiger partial charge in [0.15, 0.2) is 0 Å². The van der Waals surface area contributed by atoms with Crippen molar-refractivity contribution in [3.05, 3.63) is 53.3 Å². The highest BCUT2D eigenvalue weighted by atomic mass is 35.5. The number of benzene rings is 1. The zero-order valence-corrected chi connectivity index (χ0v) is 14.6. The van der Waals surface area contributed by atoms with Gasteiger partial charge in [0.2, 0.25) is 0 Å². The van der Waals surface area contributed by atoms with E-state index in [-0.39, 0.29) is 5.91 Å². The Morgan fingerprint density at radius 1 is 1.33 bits per heavy atom. The number of rotatable bonds is 4. The molecule has 0 bridgehead atoms. The second-order valence-electron chi connectivity index (χ2n) is 6.12. The van der Waals surface area contributed by atoms with Crippen LogP contribution in [0, 0.1) is 0 Å². The van der Waals surface area contributed by atoms with Crippen molar-refractivity contribution in [1.82, 2.24) is 4.98 Å². The number of aromatic nitrogens is 1. The van der Waals surface area contributed by atoms with Crippen molar-refractivity contribution in [3.8, 4) is 0 Å². The van der Waals surface area contributed by atoms with E-state index in [9.17, 15) is 4.79 Å². The molecular weight excluding hydrogens is 322 g/mol. The third kappa shape index (κ3) is 3.88. The first-order valence-corrected chi connectivity index (χ1v) is 8.85. The number of halogens is 1. The maximum atomic E-state index is 12.5. The molecule has 0 radical (unpaired) electrons. The molecule has 1 amide bonds. The predicted octanol–water partition coefficient (Wildman–Crippen LogP) is 4.76. The van der Waals surface area contributed by atoms with Crippen LogP contribution in [0.25, 0.3) is 0 Å². The number of carbonyl (C=O) groups is 1. The van der Waals surface area contributed by atoms with Crippen molar-refractivity contribution in [1.29, 1.82) is 0 Å². The molecule has 2 heterocycles. The number of amides is 1. The van der Waals surface area contributed by atoms with Crippen molar-refractivity contribution in [2.75, 3.05) is 16.8 Å². The molecule has 1 aromatic heterocycles. The third-order valence-electron chi connectivity index (χ3n) is 4.49. The van der Waals surface area contributed by atoms with Crippen LogP contribution in [0.15, 0.2) is 42.6 Å². The summed E-state index contributed by atoms with van der Waals surface area (Å²) in [6.45, 7) is 3.26. The van der Waals surface area contributed by atoms with Crippen LogP contribution >= 0.6 is 11.6 Å². The van der Waals surface area contributed by atoms with E-state index in [2.05, 4.69) is 22.1 Å². The molecule has 1 unspecified atom stereocenters. The molecule has 1 N–H and O–H groups in total. The van der Waals surface area contributed by atoms with E-state index in [1.807, 2.05) is 18.2 Å². The second kappa shape index (κ2) is 7.67. The number of anilines is 2. The molecule has 0 spiro atoms. The van der Waals surface area contributed by atoms with E-state index in [4.69, 9.17) is 11.6 Å². The van der Waals surface area contributed by atoms with Gasteiger partial charge in [0.25, 0.3) is 5.91 Å². The summed E-state index contributed by atoms with van der Waals surface area (Å²) in [5.74, 6) is -0.218. The summed E-state index contributed by atoms with van der Waals surface area (Å²) in [5.41, 5.74) is 2.17. The predicted molar refractivity (Wildman–Crippen MR) is 98.9 cm³/mol. The molecule has 1 fully saturated rings. The molecule has 24 heavy (non-hydrogen) atoms. The zero-order chi connectivity index (χ0) is 16.9. The highest BCUT2D eigenvalue weighted by Crippen LogP contribution is 2.26. The summed E-state index contributed by atoms with van der Waals surface area (Å²) in [6.07, 6.45) is 6.52. The number of pyridine rings is 1. The minimum absolute atomic E-state index is 0.218. The molecule has 3 rings (SSSR count). The molecule has 126 valence electrons. The number of nitrogens with zero attached hydrogens (tertiary/aromatic N) is 2. The Morgan fingerprint density at radius 2 is 2.21 bits per heavy atom. The highest BCUT2D eigenvalue weighted by Gasteiger charge is 2.22. The van der Waals surface area contributed by atoms with Crippen molar-refractivity contribution in [3.63, 3.8) is 0 Å². The summed E-state index contributed by atoms with van der Waals surface area (Å²) >= 11 is 5.96. The summed E-state index contributed by atoms with van der Waals surface area (Å²) in [4.78, 5) is 19.1. The van der Waals surface area contributed by atoms with Crippen LogP contribution < -0.4 is 10.2 Å². The van der Waals surface area contributed by atoms with E-state index in [0.29, 0.717) is 22.4 Å². The van der Waals surface area contributed by atoms with Gasteiger partial charge in [-0.2, -0.15) is 0 Å². The Kier molecular flexibility index (Phi) is 5.36. The van der Waals surface area contributed by atoms with Crippen molar-refractivity contribution >= 4 is 28.9 Å². The average molecular weight is 344 g/mol. The topological polar surface area (TPSA) is 45.2 Å². The number of carbonyl (C=O) groups excluding carboxylic acids is 1. The Hall–Kier alpha value is -2.07. The fourth-order valence-corrected chi connectivity index (χ4v) is 3.44. The maximum absolute atomic E-state index is 12.5. The van der Waals surface area contributed by atoms with Gasteiger partial charge >= 0.3 is 0 Å². The van der Waals surface area contributed by atoms with E-state index in [1.54, 1.807) is 24.4 Å². The van der Waals surface area contributed by atoms with Crippen LogP contribution in [-0.4, -0.2) is 23.5 Å². The fourth-order valence-electron chi connectivity index (χ4n) is 3.25. The minimum Gasteiger partial charge on any atom is -0.368 e. The zero-order valence-electron chi connectivity index (χ0n) is 13.8. The quantitative estimate of drug-likeness (QED) is 0.870. The van der Waals surface area contributed by atoms with E-state index >= 15 is 0 Å². The second-order valence-corrected chi connectivity index (χ2v) is 6.55. The summed E-state index contributed by atoms with van der Waals surface area (Å²) < 4.78 is 0. The van der Waals surface area contributed by atoms with Crippen molar-refractivity contribution < 1.29 is 4.79 Å². The monoisotopic (exact) mass is 343 g/mol. The first-order chi connectivity index (χ1) is 11.7. The van der Waals surface area contributed by atoms with Crippen LogP contribution in [0.4, 0.5) is 11.4 Å². The minimum atomic E-state index is -0.218. The third-order valence-corrected chi connectivity index (χ3v) is 4.72. The van der Waals surface area contributed by atoms with E-state index in [0.717, 1.165) is 18.7 Å². The van der Waals surface area contributed by atoms with E-state index < -0.39 is 0 Å². The lowest BCUT2D eigenvalue weighted by Crippen LogP contribution is -2.39. The molecule has 1 aromatic carbocycles. The average Bonchev–Trinajstić information content (AvgIpc) is 2.62. The van der Waals surface area contributed by atoms with Gasteiger partial charge in [0.05, 0.1) is 0 Å². The lowest BCUT2D eigenvalue weighted by molar-refractivity contribution is 0.102. The molecule has 0 aliphatic carbocycles. The molecule has 2 aromatic rings. The molecule has 0 saturated carbocycles. The van der Waals surface area contributed by atoms with Gasteiger partial charge in [-0.15, -0.1) is 0 Å². The van der Waals surface area contributed by atoms with Crippen LogP contribution in [0.5, 0.6) is 0 Å². The first kappa shape index (κ1) is 16.8.